The molecule has 1 aliphatic rings. The Morgan fingerprint density at radius 2 is 2.15 bits per heavy atom. The molecule has 2 rings (SSSR count). The molecule has 112 valence electrons. The van der Waals surface area contributed by atoms with Gasteiger partial charge in [0.2, 0.25) is 0 Å². The molecule has 1 saturated carbocycles. The van der Waals surface area contributed by atoms with Gasteiger partial charge in [-0.1, -0.05) is 12.8 Å². The summed E-state index contributed by atoms with van der Waals surface area (Å²) >= 11 is 0.922. The van der Waals surface area contributed by atoms with Gasteiger partial charge in [0.25, 0.3) is 10.0 Å². The number of esters is 1. The molecule has 1 atom stereocenters. The van der Waals surface area contributed by atoms with Gasteiger partial charge in [0.1, 0.15) is 0 Å². The van der Waals surface area contributed by atoms with Gasteiger partial charge in [0.15, 0.2) is 9.90 Å². The van der Waals surface area contributed by atoms with Gasteiger partial charge in [-0.05, 0) is 25.7 Å². The summed E-state index contributed by atoms with van der Waals surface area (Å²) in [6.07, 6.45) is 4.36. The molecule has 0 aliphatic heterocycles. The first-order valence-corrected chi connectivity index (χ1v) is 8.86. The van der Waals surface area contributed by atoms with Gasteiger partial charge >= 0.3 is 5.97 Å². The average molecular weight is 318 g/mol. The van der Waals surface area contributed by atoms with E-state index in [1.54, 1.807) is 0 Å². The van der Waals surface area contributed by atoms with E-state index in [0.717, 1.165) is 37.0 Å². The Hall–Kier alpha value is -0.990. The van der Waals surface area contributed by atoms with Crippen LogP contribution >= 0.6 is 11.3 Å². The van der Waals surface area contributed by atoms with Crippen LogP contribution in [0.25, 0.3) is 0 Å². The molecule has 0 bridgehead atoms. The molecule has 0 spiro atoms. The lowest BCUT2D eigenvalue weighted by molar-refractivity contribution is 0.0590. The van der Waals surface area contributed by atoms with Gasteiger partial charge in [0.05, 0.1) is 12.6 Å². The molecule has 1 aromatic rings. The van der Waals surface area contributed by atoms with Gasteiger partial charge in [0, 0.05) is 6.04 Å². The Bertz CT molecular complexity index is 576. The third-order valence-electron chi connectivity index (χ3n) is 3.61. The van der Waals surface area contributed by atoms with Gasteiger partial charge in [-0.2, -0.15) is 0 Å². The number of nitrogens with one attached hydrogen (secondary N) is 1. The standard InChI is InChI=1S/C12H18N2O4S2/c1-8(9-5-3-4-6-9)14-20(16,17)12-10(11(15)18-2)13-7-19-12/h7-9,14H,3-6H2,1-2H3/t8-/m0/s1. The van der Waals surface area contributed by atoms with Crippen LogP contribution in [-0.4, -0.2) is 32.5 Å². The quantitative estimate of drug-likeness (QED) is 0.837. The summed E-state index contributed by atoms with van der Waals surface area (Å²) in [7, 11) is -2.53. The minimum Gasteiger partial charge on any atom is -0.464 e. The fourth-order valence-electron chi connectivity index (χ4n) is 2.51. The van der Waals surface area contributed by atoms with Crippen molar-refractivity contribution < 1.29 is 17.9 Å². The number of nitrogens with zero attached hydrogens (tertiary/aromatic N) is 1. The molecule has 6 nitrogen and oxygen atoms in total. The minimum atomic E-state index is -3.73. The first-order chi connectivity index (χ1) is 9.45. The van der Waals surface area contributed by atoms with Gasteiger partial charge in [-0.15, -0.1) is 11.3 Å². The number of hydrogen-bond donors (Lipinski definition) is 1. The van der Waals surface area contributed by atoms with Crippen molar-refractivity contribution >= 4 is 27.3 Å². The van der Waals surface area contributed by atoms with Crippen LogP contribution < -0.4 is 4.72 Å². The van der Waals surface area contributed by atoms with Crippen LogP contribution in [0.5, 0.6) is 0 Å². The molecule has 1 aromatic heterocycles. The largest absolute Gasteiger partial charge is 0.464 e. The van der Waals surface area contributed by atoms with Crippen LogP contribution in [0.2, 0.25) is 0 Å². The van der Waals surface area contributed by atoms with Crippen molar-refractivity contribution in [3.05, 3.63) is 11.2 Å². The fourth-order valence-corrected chi connectivity index (χ4v) is 4.97. The maximum Gasteiger partial charge on any atom is 0.358 e. The summed E-state index contributed by atoms with van der Waals surface area (Å²) < 4.78 is 31.8. The van der Waals surface area contributed by atoms with E-state index in [1.165, 1.54) is 12.6 Å². The normalized spacial score (nSPS) is 18.1. The topological polar surface area (TPSA) is 85.4 Å². The Labute approximate surface area is 122 Å². The Morgan fingerprint density at radius 1 is 1.50 bits per heavy atom. The molecular formula is C12H18N2O4S2. The number of carbonyl (C=O) groups is 1. The first-order valence-electron chi connectivity index (χ1n) is 6.50. The minimum absolute atomic E-state index is 0.0748. The highest BCUT2D eigenvalue weighted by Gasteiger charge is 2.30. The van der Waals surface area contributed by atoms with Crippen LogP contribution in [-0.2, 0) is 14.8 Å². The first kappa shape index (κ1) is 15.4. The number of rotatable bonds is 5. The number of aromatic nitrogens is 1. The molecule has 20 heavy (non-hydrogen) atoms. The predicted molar refractivity (Wildman–Crippen MR) is 75.2 cm³/mol. The molecule has 0 amide bonds. The maximum absolute atomic E-state index is 12.4. The van der Waals surface area contributed by atoms with Gasteiger partial charge < -0.3 is 4.74 Å². The molecule has 0 radical (unpaired) electrons. The summed E-state index contributed by atoms with van der Waals surface area (Å²) in [5.74, 6) is -0.376. The van der Waals surface area contributed by atoms with E-state index < -0.39 is 16.0 Å². The lowest BCUT2D eigenvalue weighted by Gasteiger charge is -2.19. The van der Waals surface area contributed by atoms with Crippen LogP contribution in [0.15, 0.2) is 9.72 Å². The van der Waals surface area contributed by atoms with Crippen molar-refractivity contribution in [3.63, 3.8) is 0 Å². The number of methoxy groups -OCH3 is 1. The fraction of sp³-hybridized carbons (Fsp3) is 0.667. The van der Waals surface area contributed by atoms with Crippen LogP contribution in [0.4, 0.5) is 0 Å². The van der Waals surface area contributed by atoms with Crippen molar-refractivity contribution in [2.75, 3.05) is 7.11 Å². The monoisotopic (exact) mass is 318 g/mol. The van der Waals surface area contributed by atoms with Gasteiger partial charge in [-0.3, -0.25) is 0 Å². The Kier molecular flexibility index (Phi) is 4.77. The highest BCUT2D eigenvalue weighted by molar-refractivity contribution is 7.91. The molecule has 1 heterocycles. The highest BCUT2D eigenvalue weighted by atomic mass is 32.2. The van der Waals surface area contributed by atoms with E-state index >= 15 is 0 Å². The smallest absolute Gasteiger partial charge is 0.358 e. The van der Waals surface area contributed by atoms with E-state index in [2.05, 4.69) is 14.4 Å². The van der Waals surface area contributed by atoms with Crippen molar-refractivity contribution in [1.29, 1.82) is 0 Å². The van der Waals surface area contributed by atoms with Crippen LogP contribution in [0.1, 0.15) is 43.1 Å². The van der Waals surface area contributed by atoms with E-state index in [1.807, 2.05) is 6.92 Å². The Balaban J connectivity index is 2.18. The SMILES string of the molecule is COC(=O)c1ncsc1S(=O)(=O)N[C@@H](C)C1CCCC1. The molecule has 0 saturated heterocycles. The van der Waals surface area contributed by atoms with Crippen molar-refractivity contribution in [3.8, 4) is 0 Å². The second-order valence-electron chi connectivity index (χ2n) is 4.93. The predicted octanol–water partition coefficient (Wildman–Crippen LogP) is 1.79. The second-order valence-corrected chi connectivity index (χ2v) is 7.70. The summed E-state index contributed by atoms with van der Waals surface area (Å²) in [6.45, 7) is 1.87. The summed E-state index contributed by atoms with van der Waals surface area (Å²) in [5.41, 5.74) is 1.18. The lowest BCUT2D eigenvalue weighted by atomic mass is 10.0. The van der Waals surface area contributed by atoms with Crippen LogP contribution in [0, 0.1) is 5.92 Å². The zero-order valence-corrected chi connectivity index (χ0v) is 13.1. The molecule has 1 aliphatic carbocycles. The van der Waals surface area contributed by atoms with E-state index in [-0.39, 0.29) is 15.9 Å². The zero-order valence-electron chi connectivity index (χ0n) is 11.5. The van der Waals surface area contributed by atoms with E-state index in [0.29, 0.717) is 5.92 Å². The molecule has 8 heteroatoms. The molecule has 1 fully saturated rings. The lowest BCUT2D eigenvalue weighted by Crippen LogP contribution is -2.37. The van der Waals surface area contributed by atoms with E-state index in [9.17, 15) is 13.2 Å². The number of ether oxygens (including phenoxy) is 1. The van der Waals surface area contributed by atoms with Crippen molar-refractivity contribution in [2.24, 2.45) is 5.92 Å². The Morgan fingerprint density at radius 3 is 2.75 bits per heavy atom. The number of thiazole rings is 1. The molecule has 0 aromatic carbocycles. The molecular weight excluding hydrogens is 300 g/mol. The third kappa shape index (κ3) is 3.18. The third-order valence-corrected chi connectivity index (χ3v) is 6.53. The second kappa shape index (κ2) is 6.19. The van der Waals surface area contributed by atoms with E-state index in [4.69, 9.17) is 0 Å². The molecule has 0 unspecified atom stereocenters. The zero-order chi connectivity index (χ0) is 14.8. The summed E-state index contributed by atoms with van der Waals surface area (Å²) in [6, 6.07) is -0.143. The van der Waals surface area contributed by atoms with Gasteiger partial charge in [-0.25, -0.2) is 22.9 Å². The summed E-state index contributed by atoms with van der Waals surface area (Å²) in [4.78, 5) is 15.3. The number of sulfonamides is 1. The number of carbonyl (C=O) groups excluding carboxylic acids is 1. The number of hydrogen-bond acceptors (Lipinski definition) is 6. The maximum atomic E-state index is 12.4. The van der Waals surface area contributed by atoms with Crippen molar-refractivity contribution in [1.82, 2.24) is 9.71 Å². The van der Waals surface area contributed by atoms with Crippen molar-refractivity contribution in [2.45, 2.75) is 42.9 Å². The summed E-state index contributed by atoms with van der Waals surface area (Å²) in [5, 5.41) is 0. The van der Waals surface area contributed by atoms with Crippen LogP contribution in [0.3, 0.4) is 0 Å². The molecule has 1 N–H and O–H groups in total. The average Bonchev–Trinajstić information content (AvgIpc) is 3.08. The highest BCUT2D eigenvalue weighted by Crippen LogP contribution is 2.29.